The quantitative estimate of drug-likeness (QED) is 0.824. The van der Waals surface area contributed by atoms with Crippen LogP contribution in [0.2, 0.25) is 0 Å². The van der Waals surface area contributed by atoms with Crippen molar-refractivity contribution in [2.45, 2.75) is 19.0 Å². The van der Waals surface area contributed by atoms with Crippen LogP contribution in [0, 0.1) is 25.2 Å². The number of carbonyl (C=O) groups is 1. The topological polar surface area (TPSA) is 112 Å². The molecule has 0 aliphatic heterocycles. The van der Waals surface area contributed by atoms with Gasteiger partial charge in [0.25, 0.3) is 5.56 Å². The number of aryl methyl sites for hydroxylation is 1. The predicted octanol–water partition coefficient (Wildman–Crippen LogP) is 1.45. The summed E-state index contributed by atoms with van der Waals surface area (Å²) in [6.45, 7) is 3.74. The number of nitriles is 1. The zero-order valence-electron chi connectivity index (χ0n) is 11.3. The molecule has 108 valence electrons. The van der Waals surface area contributed by atoms with Gasteiger partial charge in [-0.3, -0.25) is 14.6 Å². The molecule has 21 heavy (non-hydrogen) atoms. The van der Waals surface area contributed by atoms with E-state index in [1.165, 1.54) is 11.3 Å². The summed E-state index contributed by atoms with van der Waals surface area (Å²) >= 11 is 2.44. The molecule has 0 atom stereocenters. The van der Waals surface area contributed by atoms with Crippen LogP contribution in [0.5, 0.6) is 0 Å². The monoisotopic (exact) mass is 321 g/mol. The van der Waals surface area contributed by atoms with E-state index < -0.39 is 0 Å². The second-order valence-corrected chi connectivity index (χ2v) is 6.26. The standard InChI is InChI=1S/C12H11N5O2S2/c1-6-7(2)21-11(8(6)3-13)15-10(19)5-20-12-16-9(18)4-14-17-12/h4H,5H2,1-2H3,(H,15,19)(H,16,17,18). The third-order valence-corrected chi connectivity index (χ3v) is 4.63. The van der Waals surface area contributed by atoms with Crippen LogP contribution in [0.4, 0.5) is 5.00 Å². The average Bonchev–Trinajstić information content (AvgIpc) is 2.71. The zero-order valence-corrected chi connectivity index (χ0v) is 12.9. The molecule has 0 radical (unpaired) electrons. The molecular formula is C12H11N5O2S2. The van der Waals surface area contributed by atoms with Crippen molar-refractivity contribution in [3.05, 3.63) is 32.6 Å². The van der Waals surface area contributed by atoms with Crippen LogP contribution >= 0.6 is 23.1 Å². The minimum absolute atomic E-state index is 0.0650. The van der Waals surface area contributed by atoms with Gasteiger partial charge in [-0.15, -0.1) is 16.4 Å². The van der Waals surface area contributed by atoms with Crippen molar-refractivity contribution in [1.29, 1.82) is 5.26 Å². The lowest BCUT2D eigenvalue weighted by molar-refractivity contribution is -0.113. The number of nitrogens with zero attached hydrogens (tertiary/aromatic N) is 3. The van der Waals surface area contributed by atoms with Gasteiger partial charge >= 0.3 is 0 Å². The summed E-state index contributed by atoms with van der Waals surface area (Å²) in [4.78, 5) is 26.4. The SMILES string of the molecule is Cc1sc(NC(=O)CSc2nncc(=O)[nH]2)c(C#N)c1C. The number of anilines is 1. The minimum atomic E-state index is -0.371. The lowest BCUT2D eigenvalue weighted by atomic mass is 10.2. The van der Waals surface area contributed by atoms with Crippen LogP contribution in [0.1, 0.15) is 16.0 Å². The molecular weight excluding hydrogens is 310 g/mol. The van der Waals surface area contributed by atoms with E-state index >= 15 is 0 Å². The van der Waals surface area contributed by atoms with E-state index in [4.69, 9.17) is 5.26 Å². The first kappa shape index (κ1) is 15.2. The van der Waals surface area contributed by atoms with E-state index in [1.54, 1.807) is 0 Å². The summed E-state index contributed by atoms with van der Waals surface area (Å²) in [7, 11) is 0. The predicted molar refractivity (Wildman–Crippen MR) is 80.5 cm³/mol. The van der Waals surface area contributed by atoms with E-state index in [0.717, 1.165) is 28.4 Å². The lowest BCUT2D eigenvalue weighted by Gasteiger charge is -2.02. The van der Waals surface area contributed by atoms with Crippen molar-refractivity contribution in [3.8, 4) is 6.07 Å². The summed E-state index contributed by atoms with van der Waals surface area (Å²) in [5, 5.41) is 19.8. The van der Waals surface area contributed by atoms with Crippen molar-refractivity contribution in [2.24, 2.45) is 0 Å². The molecule has 0 aliphatic carbocycles. The van der Waals surface area contributed by atoms with E-state index in [2.05, 4.69) is 26.6 Å². The molecule has 0 aliphatic rings. The Balaban J connectivity index is 2.01. The molecule has 1 amide bonds. The Morgan fingerprint density at radius 1 is 1.57 bits per heavy atom. The van der Waals surface area contributed by atoms with Gasteiger partial charge in [-0.25, -0.2) is 0 Å². The number of amides is 1. The molecule has 2 heterocycles. The second-order valence-electron chi connectivity index (χ2n) is 4.08. The molecule has 7 nitrogen and oxygen atoms in total. The van der Waals surface area contributed by atoms with Crippen molar-refractivity contribution in [3.63, 3.8) is 0 Å². The van der Waals surface area contributed by atoms with Gasteiger partial charge in [0.15, 0.2) is 5.16 Å². The molecule has 0 saturated heterocycles. The summed E-state index contributed by atoms with van der Waals surface area (Å²) in [6.07, 6.45) is 1.06. The molecule has 2 aromatic rings. The fourth-order valence-corrected chi connectivity index (χ4v) is 3.15. The molecule has 0 spiro atoms. The van der Waals surface area contributed by atoms with Gasteiger partial charge in [0, 0.05) is 4.88 Å². The zero-order chi connectivity index (χ0) is 15.4. The number of hydrogen-bond donors (Lipinski definition) is 2. The Morgan fingerprint density at radius 3 is 3.00 bits per heavy atom. The van der Waals surface area contributed by atoms with Gasteiger partial charge in [0.1, 0.15) is 17.3 Å². The van der Waals surface area contributed by atoms with Gasteiger partial charge in [-0.1, -0.05) is 11.8 Å². The maximum atomic E-state index is 11.9. The fourth-order valence-electron chi connectivity index (χ4n) is 1.51. The number of thiophene rings is 1. The number of aromatic nitrogens is 3. The molecule has 0 saturated carbocycles. The van der Waals surface area contributed by atoms with Gasteiger partial charge in [-0.2, -0.15) is 10.4 Å². The number of nitrogens with one attached hydrogen (secondary N) is 2. The molecule has 0 bridgehead atoms. The number of carbonyl (C=O) groups excluding carboxylic acids is 1. The fraction of sp³-hybridized carbons (Fsp3) is 0.250. The van der Waals surface area contributed by atoms with Crippen LogP contribution in [0.3, 0.4) is 0 Å². The number of rotatable bonds is 4. The highest BCUT2D eigenvalue weighted by Gasteiger charge is 2.14. The van der Waals surface area contributed by atoms with Crippen LogP contribution in [-0.4, -0.2) is 26.8 Å². The maximum Gasteiger partial charge on any atom is 0.270 e. The van der Waals surface area contributed by atoms with Gasteiger partial charge in [-0.05, 0) is 19.4 Å². The van der Waals surface area contributed by atoms with Crippen LogP contribution in [-0.2, 0) is 4.79 Å². The van der Waals surface area contributed by atoms with Crippen molar-refractivity contribution in [2.75, 3.05) is 11.1 Å². The van der Waals surface area contributed by atoms with Crippen molar-refractivity contribution >= 4 is 34.0 Å². The summed E-state index contributed by atoms with van der Waals surface area (Å²) in [5.41, 5.74) is 0.997. The van der Waals surface area contributed by atoms with Gasteiger partial charge < -0.3 is 5.32 Å². The Bertz CT molecular complexity index is 775. The number of thioether (sulfide) groups is 1. The van der Waals surface area contributed by atoms with Crippen molar-refractivity contribution in [1.82, 2.24) is 15.2 Å². The van der Waals surface area contributed by atoms with Gasteiger partial charge in [0.2, 0.25) is 5.91 Å². The Hall–Kier alpha value is -2.18. The third-order valence-electron chi connectivity index (χ3n) is 2.64. The van der Waals surface area contributed by atoms with Crippen LogP contribution in [0.25, 0.3) is 0 Å². The van der Waals surface area contributed by atoms with Crippen molar-refractivity contribution < 1.29 is 4.79 Å². The molecule has 9 heteroatoms. The number of hydrogen-bond acceptors (Lipinski definition) is 7. The van der Waals surface area contributed by atoms with E-state index in [1.807, 2.05) is 13.8 Å². The molecule has 2 aromatic heterocycles. The number of H-pyrrole nitrogens is 1. The summed E-state index contributed by atoms with van der Waals surface area (Å²) < 4.78 is 0. The Labute approximate surface area is 128 Å². The van der Waals surface area contributed by atoms with Crippen LogP contribution < -0.4 is 10.9 Å². The first-order valence-electron chi connectivity index (χ1n) is 5.86. The van der Waals surface area contributed by atoms with E-state index in [0.29, 0.717) is 10.6 Å². The lowest BCUT2D eigenvalue weighted by Crippen LogP contribution is -2.15. The highest BCUT2D eigenvalue weighted by Crippen LogP contribution is 2.31. The molecule has 0 aromatic carbocycles. The first-order chi connectivity index (χ1) is 10.0. The van der Waals surface area contributed by atoms with Crippen LogP contribution in [0.15, 0.2) is 16.1 Å². The third kappa shape index (κ3) is 3.68. The first-order valence-corrected chi connectivity index (χ1v) is 7.66. The molecule has 2 N–H and O–H groups in total. The largest absolute Gasteiger partial charge is 0.316 e. The normalized spacial score (nSPS) is 10.1. The molecule has 0 unspecified atom stereocenters. The Kier molecular flexibility index (Phi) is 4.72. The highest BCUT2D eigenvalue weighted by atomic mass is 32.2. The van der Waals surface area contributed by atoms with E-state index in [-0.39, 0.29) is 22.4 Å². The molecule has 2 rings (SSSR count). The van der Waals surface area contributed by atoms with Gasteiger partial charge in [0.05, 0.1) is 11.3 Å². The smallest absolute Gasteiger partial charge is 0.270 e. The van der Waals surface area contributed by atoms with E-state index in [9.17, 15) is 9.59 Å². The summed E-state index contributed by atoms with van der Waals surface area (Å²) in [5.74, 6) is -0.209. The minimum Gasteiger partial charge on any atom is -0.316 e. The maximum absolute atomic E-state index is 11.9. The highest BCUT2D eigenvalue weighted by molar-refractivity contribution is 7.99. The molecule has 0 fully saturated rings. The second kappa shape index (κ2) is 6.51. The summed E-state index contributed by atoms with van der Waals surface area (Å²) in [6, 6.07) is 2.09. The Morgan fingerprint density at radius 2 is 2.33 bits per heavy atom. The average molecular weight is 321 g/mol. The number of aromatic amines is 1.